The summed E-state index contributed by atoms with van der Waals surface area (Å²) in [4.78, 5) is 22.8. The molecular weight excluding hydrogens is 218 g/mol. The van der Waals surface area contributed by atoms with Crippen LogP contribution in [0.25, 0.3) is 0 Å². The maximum absolute atomic E-state index is 11.9. The van der Waals surface area contributed by atoms with Gasteiger partial charge in [-0.25, -0.2) is 0 Å². The maximum Gasteiger partial charge on any atom is 0.306 e. The molecule has 2 atom stereocenters. The Labute approximate surface area is 102 Å². The average molecular weight is 239 g/mol. The smallest absolute Gasteiger partial charge is 0.306 e. The lowest BCUT2D eigenvalue weighted by molar-refractivity contribution is -0.144. The molecule has 0 heterocycles. The van der Waals surface area contributed by atoms with Gasteiger partial charge >= 0.3 is 5.97 Å². The number of carbonyl (C=O) groups excluding carboxylic acids is 1. The number of hydrogen-bond donors (Lipinski definition) is 2. The van der Waals surface area contributed by atoms with Gasteiger partial charge in [0.2, 0.25) is 5.91 Å². The van der Waals surface area contributed by atoms with Crippen LogP contribution in [-0.2, 0) is 9.59 Å². The highest BCUT2D eigenvalue weighted by Crippen LogP contribution is 2.30. The van der Waals surface area contributed by atoms with E-state index in [1.807, 2.05) is 0 Å². The topological polar surface area (TPSA) is 66.4 Å². The zero-order chi connectivity index (χ0) is 12.3. The van der Waals surface area contributed by atoms with Gasteiger partial charge in [0.1, 0.15) is 0 Å². The first-order valence-electron chi connectivity index (χ1n) is 6.67. The highest BCUT2D eigenvalue weighted by Gasteiger charge is 2.31. The largest absolute Gasteiger partial charge is 0.481 e. The predicted molar refractivity (Wildman–Crippen MR) is 63.4 cm³/mol. The van der Waals surface area contributed by atoms with Crippen molar-refractivity contribution >= 4 is 11.9 Å². The molecule has 1 amide bonds. The van der Waals surface area contributed by atoms with E-state index in [0.717, 1.165) is 25.8 Å². The van der Waals surface area contributed by atoms with E-state index in [0.29, 0.717) is 12.3 Å². The summed E-state index contributed by atoms with van der Waals surface area (Å²) in [6.07, 6.45) is 6.68. The molecule has 0 saturated heterocycles. The highest BCUT2D eigenvalue weighted by atomic mass is 16.4. The first-order chi connectivity index (χ1) is 8.16. The van der Waals surface area contributed by atoms with Crippen LogP contribution in [0.4, 0.5) is 0 Å². The molecule has 0 aromatic heterocycles. The summed E-state index contributed by atoms with van der Waals surface area (Å²) < 4.78 is 0. The average Bonchev–Trinajstić information content (AvgIpc) is 2.27. The Hall–Kier alpha value is -1.06. The van der Waals surface area contributed by atoms with Gasteiger partial charge in [0, 0.05) is 12.5 Å². The molecule has 17 heavy (non-hydrogen) atoms. The SMILES string of the molecule is O=C(O)C1CCCC(C(=O)NCC2CCC2)C1. The van der Waals surface area contributed by atoms with Gasteiger partial charge in [-0.15, -0.1) is 0 Å². The zero-order valence-corrected chi connectivity index (χ0v) is 10.2. The van der Waals surface area contributed by atoms with Crippen LogP contribution in [0.15, 0.2) is 0 Å². The third-order valence-electron chi connectivity index (χ3n) is 4.18. The molecule has 2 N–H and O–H groups in total. The summed E-state index contributed by atoms with van der Waals surface area (Å²) in [5, 5.41) is 12.0. The van der Waals surface area contributed by atoms with Gasteiger partial charge in [-0.05, 0) is 38.0 Å². The summed E-state index contributed by atoms with van der Waals surface area (Å²) in [6.45, 7) is 0.785. The van der Waals surface area contributed by atoms with E-state index >= 15 is 0 Å². The summed E-state index contributed by atoms with van der Waals surface area (Å²) in [5.41, 5.74) is 0. The van der Waals surface area contributed by atoms with Gasteiger partial charge in [0.15, 0.2) is 0 Å². The molecule has 2 rings (SSSR count). The number of carboxylic acids is 1. The minimum Gasteiger partial charge on any atom is -0.481 e. The third-order valence-corrected chi connectivity index (χ3v) is 4.18. The van der Waals surface area contributed by atoms with Gasteiger partial charge < -0.3 is 10.4 Å². The number of amides is 1. The van der Waals surface area contributed by atoms with E-state index < -0.39 is 5.97 Å². The molecule has 96 valence electrons. The van der Waals surface area contributed by atoms with Crippen LogP contribution in [0.1, 0.15) is 44.9 Å². The molecular formula is C13H21NO3. The van der Waals surface area contributed by atoms with Crippen molar-refractivity contribution in [3.8, 4) is 0 Å². The fourth-order valence-electron chi connectivity index (χ4n) is 2.74. The minimum atomic E-state index is -0.749. The molecule has 4 heteroatoms. The van der Waals surface area contributed by atoms with E-state index in [9.17, 15) is 9.59 Å². The van der Waals surface area contributed by atoms with Crippen molar-refractivity contribution in [3.63, 3.8) is 0 Å². The number of rotatable bonds is 4. The Morgan fingerprint density at radius 2 is 1.71 bits per heavy atom. The lowest BCUT2D eigenvalue weighted by Crippen LogP contribution is -2.38. The third kappa shape index (κ3) is 3.20. The molecule has 2 aliphatic rings. The molecule has 2 unspecified atom stereocenters. The van der Waals surface area contributed by atoms with Crippen molar-refractivity contribution in [1.29, 1.82) is 0 Å². The maximum atomic E-state index is 11.9. The Kier molecular flexibility index (Phi) is 4.02. The number of hydrogen-bond acceptors (Lipinski definition) is 2. The molecule has 0 bridgehead atoms. The van der Waals surface area contributed by atoms with E-state index in [1.54, 1.807) is 0 Å². The minimum absolute atomic E-state index is 0.0721. The first kappa shape index (κ1) is 12.4. The van der Waals surface area contributed by atoms with Crippen molar-refractivity contribution in [3.05, 3.63) is 0 Å². The van der Waals surface area contributed by atoms with Gasteiger partial charge in [-0.1, -0.05) is 12.8 Å². The summed E-state index contributed by atoms with van der Waals surface area (Å²) in [7, 11) is 0. The van der Waals surface area contributed by atoms with E-state index in [1.165, 1.54) is 19.3 Å². The van der Waals surface area contributed by atoms with Crippen molar-refractivity contribution in [2.24, 2.45) is 17.8 Å². The second-order valence-corrected chi connectivity index (χ2v) is 5.44. The van der Waals surface area contributed by atoms with Crippen LogP contribution in [-0.4, -0.2) is 23.5 Å². The monoisotopic (exact) mass is 239 g/mol. The van der Waals surface area contributed by atoms with Crippen molar-refractivity contribution in [2.75, 3.05) is 6.54 Å². The van der Waals surface area contributed by atoms with Crippen LogP contribution in [0.5, 0.6) is 0 Å². The van der Waals surface area contributed by atoms with Crippen LogP contribution < -0.4 is 5.32 Å². The van der Waals surface area contributed by atoms with E-state index in [4.69, 9.17) is 5.11 Å². The summed E-state index contributed by atoms with van der Waals surface area (Å²) >= 11 is 0. The predicted octanol–water partition coefficient (Wildman–Crippen LogP) is 1.79. The Bertz CT molecular complexity index is 299. The zero-order valence-electron chi connectivity index (χ0n) is 10.2. The number of aliphatic carboxylic acids is 1. The Morgan fingerprint density at radius 1 is 1.06 bits per heavy atom. The normalized spacial score (nSPS) is 29.4. The quantitative estimate of drug-likeness (QED) is 0.786. The van der Waals surface area contributed by atoms with Crippen LogP contribution in [0.2, 0.25) is 0 Å². The van der Waals surface area contributed by atoms with Crippen LogP contribution in [0.3, 0.4) is 0 Å². The summed E-state index contributed by atoms with van der Waals surface area (Å²) in [5.74, 6) is -0.407. The standard InChI is InChI=1S/C13H21NO3/c15-12(14-8-9-3-1-4-9)10-5-2-6-11(7-10)13(16)17/h9-11H,1-8H2,(H,14,15)(H,16,17). The fourth-order valence-corrected chi connectivity index (χ4v) is 2.74. The lowest BCUT2D eigenvalue weighted by atomic mass is 9.80. The molecule has 2 fully saturated rings. The van der Waals surface area contributed by atoms with Crippen molar-refractivity contribution < 1.29 is 14.7 Å². The van der Waals surface area contributed by atoms with Crippen molar-refractivity contribution in [2.45, 2.75) is 44.9 Å². The van der Waals surface area contributed by atoms with Crippen LogP contribution >= 0.6 is 0 Å². The van der Waals surface area contributed by atoms with Gasteiger partial charge in [0.25, 0.3) is 0 Å². The molecule has 0 radical (unpaired) electrons. The van der Waals surface area contributed by atoms with Gasteiger partial charge in [0.05, 0.1) is 5.92 Å². The second kappa shape index (κ2) is 5.52. The molecule has 0 aromatic rings. The first-order valence-corrected chi connectivity index (χ1v) is 6.67. The van der Waals surface area contributed by atoms with Crippen LogP contribution in [0, 0.1) is 17.8 Å². The Balaban J connectivity index is 1.75. The molecule has 2 aliphatic carbocycles. The molecule has 0 spiro atoms. The van der Waals surface area contributed by atoms with Crippen molar-refractivity contribution in [1.82, 2.24) is 5.32 Å². The highest BCUT2D eigenvalue weighted by molar-refractivity contribution is 5.80. The molecule has 0 aliphatic heterocycles. The number of carboxylic acid groups (broad SMARTS) is 1. The second-order valence-electron chi connectivity index (χ2n) is 5.44. The van der Waals surface area contributed by atoms with Gasteiger partial charge in [-0.3, -0.25) is 9.59 Å². The number of carbonyl (C=O) groups is 2. The molecule has 2 saturated carbocycles. The lowest BCUT2D eigenvalue weighted by Gasteiger charge is -2.29. The summed E-state index contributed by atoms with van der Waals surface area (Å²) in [6, 6.07) is 0. The fraction of sp³-hybridized carbons (Fsp3) is 0.846. The number of nitrogens with one attached hydrogen (secondary N) is 1. The van der Waals surface area contributed by atoms with E-state index in [-0.39, 0.29) is 17.7 Å². The molecule has 4 nitrogen and oxygen atoms in total. The molecule has 0 aromatic carbocycles. The van der Waals surface area contributed by atoms with E-state index in [2.05, 4.69) is 5.32 Å². The van der Waals surface area contributed by atoms with Gasteiger partial charge in [-0.2, -0.15) is 0 Å². The Morgan fingerprint density at radius 3 is 2.29 bits per heavy atom.